The topological polar surface area (TPSA) is 32.5 Å². The number of aryl methyl sites for hydroxylation is 1. The van der Waals surface area contributed by atoms with Crippen molar-refractivity contribution in [2.45, 2.75) is 20.8 Å². The van der Waals surface area contributed by atoms with Crippen molar-refractivity contribution in [1.82, 2.24) is 4.90 Å². The van der Waals surface area contributed by atoms with Crippen molar-refractivity contribution in [3.63, 3.8) is 0 Å². The number of nitrogen functional groups attached to an aromatic ring is 1. The summed E-state index contributed by atoms with van der Waals surface area (Å²) < 4.78 is 0. The Kier molecular flexibility index (Phi) is 4.12. The Morgan fingerprint density at radius 3 is 2.39 bits per heavy atom. The van der Waals surface area contributed by atoms with Crippen molar-refractivity contribution in [2.75, 3.05) is 43.4 Å². The van der Waals surface area contributed by atoms with Crippen molar-refractivity contribution in [3.05, 3.63) is 23.8 Å². The molecule has 0 saturated carbocycles. The summed E-state index contributed by atoms with van der Waals surface area (Å²) in [6, 6.07) is 6.22. The van der Waals surface area contributed by atoms with E-state index in [2.05, 4.69) is 42.7 Å². The molecule has 1 fully saturated rings. The molecular weight excluding hydrogens is 222 g/mol. The summed E-state index contributed by atoms with van der Waals surface area (Å²) in [6.07, 6.45) is 0. The summed E-state index contributed by atoms with van der Waals surface area (Å²) in [5.74, 6) is 0.759. The molecule has 2 rings (SSSR count). The highest BCUT2D eigenvalue weighted by atomic mass is 15.3. The highest BCUT2D eigenvalue weighted by Crippen LogP contribution is 2.23. The number of piperazine rings is 1. The average molecular weight is 247 g/mol. The van der Waals surface area contributed by atoms with Crippen LogP contribution in [0.15, 0.2) is 18.2 Å². The van der Waals surface area contributed by atoms with Gasteiger partial charge in [-0.25, -0.2) is 0 Å². The molecule has 0 aromatic heterocycles. The summed E-state index contributed by atoms with van der Waals surface area (Å²) in [7, 11) is 0. The summed E-state index contributed by atoms with van der Waals surface area (Å²) in [6.45, 7) is 12.5. The van der Waals surface area contributed by atoms with E-state index in [0.29, 0.717) is 0 Å². The van der Waals surface area contributed by atoms with Crippen molar-refractivity contribution in [1.29, 1.82) is 0 Å². The molecule has 100 valence electrons. The Balaban J connectivity index is 1.97. The molecule has 0 unspecified atom stereocenters. The number of benzene rings is 1. The Labute approximate surface area is 111 Å². The molecular formula is C15H25N3. The molecule has 3 nitrogen and oxygen atoms in total. The number of hydrogen-bond acceptors (Lipinski definition) is 3. The van der Waals surface area contributed by atoms with E-state index in [-0.39, 0.29) is 0 Å². The highest BCUT2D eigenvalue weighted by molar-refractivity contribution is 5.59. The summed E-state index contributed by atoms with van der Waals surface area (Å²) >= 11 is 0. The van der Waals surface area contributed by atoms with Crippen molar-refractivity contribution < 1.29 is 0 Å². The van der Waals surface area contributed by atoms with Crippen LogP contribution in [0.4, 0.5) is 11.4 Å². The zero-order valence-corrected chi connectivity index (χ0v) is 11.8. The van der Waals surface area contributed by atoms with Gasteiger partial charge in [0.15, 0.2) is 0 Å². The molecule has 1 aliphatic heterocycles. The minimum Gasteiger partial charge on any atom is -0.399 e. The van der Waals surface area contributed by atoms with Crippen molar-refractivity contribution >= 4 is 11.4 Å². The van der Waals surface area contributed by atoms with Crippen LogP contribution in [0.1, 0.15) is 19.4 Å². The van der Waals surface area contributed by atoms with Gasteiger partial charge >= 0.3 is 0 Å². The predicted molar refractivity (Wildman–Crippen MR) is 79.1 cm³/mol. The molecule has 0 amide bonds. The van der Waals surface area contributed by atoms with Crippen LogP contribution in [0.2, 0.25) is 0 Å². The first-order chi connectivity index (χ1) is 8.56. The summed E-state index contributed by atoms with van der Waals surface area (Å²) in [4.78, 5) is 5.04. The zero-order valence-electron chi connectivity index (χ0n) is 11.8. The number of anilines is 2. The second kappa shape index (κ2) is 5.61. The average Bonchev–Trinajstić information content (AvgIpc) is 2.30. The van der Waals surface area contributed by atoms with E-state index in [4.69, 9.17) is 5.73 Å². The summed E-state index contributed by atoms with van der Waals surface area (Å²) in [5.41, 5.74) is 9.29. The van der Waals surface area contributed by atoms with Gasteiger partial charge in [-0.3, -0.25) is 4.90 Å². The van der Waals surface area contributed by atoms with Gasteiger partial charge in [0.1, 0.15) is 0 Å². The van der Waals surface area contributed by atoms with Crippen molar-refractivity contribution in [3.8, 4) is 0 Å². The van der Waals surface area contributed by atoms with Crippen LogP contribution in [-0.4, -0.2) is 37.6 Å². The molecule has 0 spiro atoms. The van der Waals surface area contributed by atoms with E-state index in [1.165, 1.54) is 30.9 Å². The lowest BCUT2D eigenvalue weighted by molar-refractivity contribution is 0.231. The quantitative estimate of drug-likeness (QED) is 0.832. The number of nitrogens with two attached hydrogens (primary N) is 1. The minimum atomic E-state index is 0.759. The lowest BCUT2D eigenvalue weighted by atomic mass is 10.1. The third-order valence-corrected chi connectivity index (χ3v) is 3.56. The monoisotopic (exact) mass is 247 g/mol. The van der Waals surface area contributed by atoms with E-state index < -0.39 is 0 Å². The maximum Gasteiger partial charge on any atom is 0.0398 e. The van der Waals surface area contributed by atoms with Gasteiger partial charge < -0.3 is 10.6 Å². The third-order valence-electron chi connectivity index (χ3n) is 3.56. The van der Waals surface area contributed by atoms with Crippen LogP contribution in [0.25, 0.3) is 0 Å². The number of nitrogens with zero attached hydrogens (tertiary/aromatic N) is 2. The second-order valence-corrected chi connectivity index (χ2v) is 5.73. The molecule has 1 aromatic rings. The molecule has 3 heteroatoms. The molecule has 2 N–H and O–H groups in total. The normalized spacial score (nSPS) is 17.4. The lowest BCUT2D eigenvalue weighted by Crippen LogP contribution is -2.47. The maximum atomic E-state index is 5.81. The third kappa shape index (κ3) is 3.16. The van der Waals surface area contributed by atoms with Gasteiger partial charge in [-0.1, -0.05) is 13.8 Å². The van der Waals surface area contributed by atoms with Gasteiger partial charge in [0.25, 0.3) is 0 Å². The molecule has 1 saturated heterocycles. The van der Waals surface area contributed by atoms with Gasteiger partial charge in [-0.2, -0.15) is 0 Å². The minimum absolute atomic E-state index is 0.759. The predicted octanol–water partition coefficient (Wildman–Crippen LogP) is 2.36. The molecule has 0 radical (unpaired) electrons. The van der Waals surface area contributed by atoms with E-state index >= 15 is 0 Å². The Morgan fingerprint density at radius 1 is 1.17 bits per heavy atom. The second-order valence-electron chi connectivity index (χ2n) is 5.73. The van der Waals surface area contributed by atoms with Crippen LogP contribution in [0, 0.1) is 12.8 Å². The first-order valence-corrected chi connectivity index (χ1v) is 6.89. The van der Waals surface area contributed by atoms with E-state index in [9.17, 15) is 0 Å². The number of hydrogen-bond donors (Lipinski definition) is 1. The van der Waals surface area contributed by atoms with Gasteiger partial charge in [-0.05, 0) is 36.6 Å². The molecule has 1 aliphatic rings. The van der Waals surface area contributed by atoms with Crippen LogP contribution in [0.3, 0.4) is 0 Å². The van der Waals surface area contributed by atoms with Crippen molar-refractivity contribution in [2.24, 2.45) is 5.92 Å². The Hall–Kier alpha value is -1.22. The lowest BCUT2D eigenvalue weighted by Gasteiger charge is -2.37. The van der Waals surface area contributed by atoms with Gasteiger partial charge in [-0.15, -0.1) is 0 Å². The van der Waals surface area contributed by atoms with Crippen LogP contribution in [-0.2, 0) is 0 Å². The van der Waals surface area contributed by atoms with Gasteiger partial charge in [0.2, 0.25) is 0 Å². The molecule has 18 heavy (non-hydrogen) atoms. The van der Waals surface area contributed by atoms with Gasteiger partial charge in [0, 0.05) is 44.1 Å². The fourth-order valence-corrected chi connectivity index (χ4v) is 2.72. The van der Waals surface area contributed by atoms with Crippen LogP contribution < -0.4 is 10.6 Å². The molecule has 1 heterocycles. The first-order valence-electron chi connectivity index (χ1n) is 6.89. The van der Waals surface area contributed by atoms with Gasteiger partial charge in [0.05, 0.1) is 0 Å². The molecule has 1 aromatic carbocycles. The Bertz CT molecular complexity index is 393. The smallest absolute Gasteiger partial charge is 0.0398 e. The largest absolute Gasteiger partial charge is 0.399 e. The zero-order chi connectivity index (χ0) is 13.1. The van der Waals surface area contributed by atoms with E-state index in [1.807, 2.05) is 6.07 Å². The van der Waals surface area contributed by atoms with Crippen LogP contribution >= 0.6 is 0 Å². The maximum absolute atomic E-state index is 5.81. The first kappa shape index (κ1) is 13.2. The number of rotatable bonds is 3. The van der Waals surface area contributed by atoms with Crippen LogP contribution in [0.5, 0.6) is 0 Å². The molecule has 0 atom stereocenters. The standard InChI is InChI=1S/C15H25N3/c1-12(2)11-17-6-8-18(9-7-17)15-5-4-14(16)10-13(15)3/h4-5,10,12H,6-9,11,16H2,1-3H3. The SMILES string of the molecule is Cc1cc(N)ccc1N1CCN(CC(C)C)CC1. The fraction of sp³-hybridized carbons (Fsp3) is 0.600. The Morgan fingerprint density at radius 2 is 1.83 bits per heavy atom. The highest BCUT2D eigenvalue weighted by Gasteiger charge is 2.18. The van der Waals surface area contributed by atoms with E-state index in [0.717, 1.165) is 24.7 Å². The molecule has 0 aliphatic carbocycles. The fourth-order valence-electron chi connectivity index (χ4n) is 2.72. The van der Waals surface area contributed by atoms with E-state index in [1.54, 1.807) is 0 Å². The summed E-state index contributed by atoms with van der Waals surface area (Å²) in [5, 5.41) is 0. The molecule has 0 bridgehead atoms.